The van der Waals surface area contributed by atoms with E-state index >= 15 is 0 Å². The van der Waals surface area contributed by atoms with Gasteiger partial charge in [-0.05, 0) is 45.7 Å². The maximum Gasteiger partial charge on any atom is 0.0158 e. The Hall–Kier alpha value is -1.56. The summed E-state index contributed by atoms with van der Waals surface area (Å²) >= 11 is 0. The molecule has 2 aromatic carbocycles. The molecule has 0 aromatic heterocycles. The topological polar surface area (TPSA) is 0 Å². The van der Waals surface area contributed by atoms with Crippen LogP contribution < -0.4 is 0 Å². The smallest absolute Gasteiger partial charge is 0.0158 e. The number of hydrogen-bond donors (Lipinski definition) is 0. The quantitative estimate of drug-likeness (QED) is 0.581. The monoisotopic (exact) mass is 264 g/mol. The highest BCUT2D eigenvalue weighted by molar-refractivity contribution is 5.83. The van der Waals surface area contributed by atoms with E-state index in [1.165, 1.54) is 33.4 Å². The molecule has 0 fully saturated rings. The molecular formula is C20H24. The third-order valence-electron chi connectivity index (χ3n) is 4.82. The van der Waals surface area contributed by atoms with Gasteiger partial charge in [-0.1, -0.05) is 71.0 Å². The van der Waals surface area contributed by atoms with E-state index < -0.39 is 0 Å². The lowest BCUT2D eigenvalue weighted by molar-refractivity contribution is 0.585. The Bertz CT molecular complexity index is 682. The fourth-order valence-corrected chi connectivity index (χ4v) is 3.78. The summed E-state index contributed by atoms with van der Waals surface area (Å²) in [7, 11) is 0. The van der Waals surface area contributed by atoms with E-state index in [4.69, 9.17) is 0 Å². The molecule has 1 aliphatic carbocycles. The van der Waals surface area contributed by atoms with Crippen LogP contribution in [-0.2, 0) is 10.8 Å². The van der Waals surface area contributed by atoms with E-state index in [1.807, 2.05) is 0 Å². The molecule has 0 saturated carbocycles. The van der Waals surface area contributed by atoms with Gasteiger partial charge in [0.05, 0.1) is 0 Å². The average Bonchev–Trinajstić information content (AvgIpc) is 2.59. The van der Waals surface area contributed by atoms with E-state index in [9.17, 15) is 0 Å². The standard InChI is InChI=1S/C20H24/c1-13-15(19(2,3)4)11-12-17-18(13)14-9-7-8-10-16(14)20(17,5)6/h7-12H,1-6H3. The fraction of sp³-hybridized carbons (Fsp3) is 0.400. The van der Waals surface area contributed by atoms with Crippen molar-refractivity contribution in [2.24, 2.45) is 0 Å². The van der Waals surface area contributed by atoms with E-state index in [-0.39, 0.29) is 10.8 Å². The number of benzene rings is 2. The molecule has 3 rings (SSSR count). The van der Waals surface area contributed by atoms with E-state index in [0.717, 1.165) is 0 Å². The molecule has 0 nitrogen and oxygen atoms in total. The molecule has 0 bridgehead atoms. The summed E-state index contributed by atoms with van der Waals surface area (Å²) in [5, 5.41) is 0. The Morgan fingerprint density at radius 2 is 1.50 bits per heavy atom. The summed E-state index contributed by atoms with van der Waals surface area (Å²) in [5.74, 6) is 0. The van der Waals surface area contributed by atoms with Crippen molar-refractivity contribution >= 4 is 0 Å². The first-order chi connectivity index (χ1) is 9.24. The molecule has 0 heterocycles. The Labute approximate surface area is 122 Å². The van der Waals surface area contributed by atoms with Gasteiger partial charge in [0.15, 0.2) is 0 Å². The molecule has 0 unspecified atom stereocenters. The molecular weight excluding hydrogens is 240 g/mol. The van der Waals surface area contributed by atoms with Crippen LogP contribution in [0, 0.1) is 6.92 Å². The summed E-state index contributed by atoms with van der Waals surface area (Å²) in [4.78, 5) is 0. The maximum absolute atomic E-state index is 2.35. The number of rotatable bonds is 0. The van der Waals surface area contributed by atoms with Gasteiger partial charge >= 0.3 is 0 Å². The minimum absolute atomic E-state index is 0.118. The average molecular weight is 264 g/mol. The molecule has 0 spiro atoms. The van der Waals surface area contributed by atoms with Gasteiger partial charge in [0.2, 0.25) is 0 Å². The first-order valence-corrected chi connectivity index (χ1v) is 7.49. The first-order valence-electron chi connectivity index (χ1n) is 7.49. The summed E-state index contributed by atoms with van der Waals surface area (Å²) < 4.78 is 0. The van der Waals surface area contributed by atoms with Crippen LogP contribution in [0.2, 0.25) is 0 Å². The third kappa shape index (κ3) is 1.67. The van der Waals surface area contributed by atoms with E-state index in [2.05, 4.69) is 77.9 Å². The van der Waals surface area contributed by atoms with Crippen molar-refractivity contribution in [1.29, 1.82) is 0 Å². The fourth-order valence-electron chi connectivity index (χ4n) is 3.78. The van der Waals surface area contributed by atoms with E-state index in [0.29, 0.717) is 0 Å². The summed E-state index contributed by atoms with van der Waals surface area (Å²) in [6.45, 7) is 13.9. The van der Waals surface area contributed by atoms with Crippen LogP contribution in [0.1, 0.15) is 56.9 Å². The molecule has 0 radical (unpaired) electrons. The van der Waals surface area contributed by atoms with Gasteiger partial charge in [-0.15, -0.1) is 0 Å². The number of hydrogen-bond acceptors (Lipinski definition) is 0. The predicted molar refractivity (Wildman–Crippen MR) is 87.4 cm³/mol. The van der Waals surface area contributed by atoms with E-state index in [1.54, 1.807) is 0 Å². The van der Waals surface area contributed by atoms with Crippen LogP contribution in [-0.4, -0.2) is 0 Å². The predicted octanol–water partition coefficient (Wildman–Crippen LogP) is 5.60. The van der Waals surface area contributed by atoms with Gasteiger partial charge in [-0.3, -0.25) is 0 Å². The van der Waals surface area contributed by atoms with Crippen LogP contribution >= 0.6 is 0 Å². The van der Waals surface area contributed by atoms with Gasteiger partial charge in [0.1, 0.15) is 0 Å². The van der Waals surface area contributed by atoms with Gasteiger partial charge in [0.25, 0.3) is 0 Å². The largest absolute Gasteiger partial charge is 0.0619 e. The Morgan fingerprint density at radius 3 is 2.15 bits per heavy atom. The van der Waals surface area contributed by atoms with Crippen molar-refractivity contribution in [3.05, 3.63) is 58.7 Å². The van der Waals surface area contributed by atoms with Gasteiger partial charge in [-0.25, -0.2) is 0 Å². The molecule has 0 atom stereocenters. The van der Waals surface area contributed by atoms with Crippen LogP contribution in [0.5, 0.6) is 0 Å². The molecule has 0 heteroatoms. The van der Waals surface area contributed by atoms with Crippen molar-refractivity contribution in [2.75, 3.05) is 0 Å². The molecule has 0 aliphatic heterocycles. The van der Waals surface area contributed by atoms with Crippen LogP contribution in [0.3, 0.4) is 0 Å². The lowest BCUT2D eigenvalue weighted by Gasteiger charge is -2.26. The van der Waals surface area contributed by atoms with Crippen molar-refractivity contribution in [2.45, 2.75) is 52.4 Å². The molecule has 0 saturated heterocycles. The second-order valence-electron chi connectivity index (χ2n) is 7.58. The van der Waals surface area contributed by atoms with Crippen molar-refractivity contribution < 1.29 is 0 Å². The first kappa shape index (κ1) is 13.4. The van der Waals surface area contributed by atoms with Crippen molar-refractivity contribution in [3.63, 3.8) is 0 Å². The zero-order chi connectivity index (χ0) is 14.7. The maximum atomic E-state index is 2.35. The molecule has 1 aliphatic rings. The zero-order valence-electron chi connectivity index (χ0n) is 13.5. The Kier molecular flexibility index (Phi) is 2.67. The second kappa shape index (κ2) is 3.97. The highest BCUT2D eigenvalue weighted by Crippen LogP contribution is 2.51. The molecule has 20 heavy (non-hydrogen) atoms. The second-order valence-corrected chi connectivity index (χ2v) is 7.58. The molecule has 2 aromatic rings. The molecule has 0 N–H and O–H groups in total. The normalized spacial score (nSPS) is 15.9. The summed E-state index contributed by atoms with van der Waals surface area (Å²) in [6, 6.07) is 13.6. The molecule has 104 valence electrons. The highest BCUT2D eigenvalue weighted by atomic mass is 14.4. The summed E-state index contributed by atoms with van der Waals surface area (Å²) in [6.07, 6.45) is 0. The summed E-state index contributed by atoms with van der Waals surface area (Å²) in [5.41, 5.74) is 9.06. The third-order valence-corrected chi connectivity index (χ3v) is 4.82. The van der Waals surface area contributed by atoms with Gasteiger partial charge in [-0.2, -0.15) is 0 Å². The lowest BCUT2D eigenvalue weighted by Crippen LogP contribution is -2.17. The van der Waals surface area contributed by atoms with Gasteiger partial charge in [0, 0.05) is 5.41 Å². The Balaban J connectivity index is 2.38. The molecule has 0 amide bonds. The van der Waals surface area contributed by atoms with Gasteiger partial charge < -0.3 is 0 Å². The SMILES string of the molecule is Cc1c(C(C)(C)C)ccc2c1-c1ccccc1C2(C)C. The lowest BCUT2D eigenvalue weighted by atomic mass is 9.78. The Morgan fingerprint density at radius 1 is 0.850 bits per heavy atom. The van der Waals surface area contributed by atoms with Crippen LogP contribution in [0.15, 0.2) is 36.4 Å². The van der Waals surface area contributed by atoms with Crippen LogP contribution in [0.4, 0.5) is 0 Å². The van der Waals surface area contributed by atoms with Crippen LogP contribution in [0.25, 0.3) is 11.1 Å². The highest BCUT2D eigenvalue weighted by Gasteiger charge is 2.37. The van der Waals surface area contributed by atoms with Crippen molar-refractivity contribution in [3.8, 4) is 11.1 Å². The zero-order valence-corrected chi connectivity index (χ0v) is 13.5. The van der Waals surface area contributed by atoms with Crippen molar-refractivity contribution in [1.82, 2.24) is 0 Å². The minimum Gasteiger partial charge on any atom is -0.0619 e. The minimum atomic E-state index is 0.118. The number of fused-ring (bicyclic) bond motifs is 3.